The van der Waals surface area contributed by atoms with Crippen molar-refractivity contribution >= 4 is 28.1 Å². The van der Waals surface area contributed by atoms with Gasteiger partial charge in [-0.15, -0.1) is 11.3 Å². The Bertz CT molecular complexity index is 787. The van der Waals surface area contributed by atoms with Crippen molar-refractivity contribution < 1.29 is 9.53 Å². The van der Waals surface area contributed by atoms with E-state index in [9.17, 15) is 4.79 Å². The summed E-state index contributed by atoms with van der Waals surface area (Å²) in [6, 6.07) is 8.04. The van der Waals surface area contributed by atoms with Crippen LogP contribution in [-0.4, -0.2) is 18.1 Å². The lowest BCUT2D eigenvalue weighted by atomic mass is 9.98. The molecule has 0 bridgehead atoms. The van der Waals surface area contributed by atoms with Crippen molar-refractivity contribution in [2.75, 3.05) is 7.11 Å². The summed E-state index contributed by atoms with van der Waals surface area (Å²) in [6.07, 6.45) is 3.64. The largest absolute Gasteiger partial charge is 0.465 e. The SMILES string of the molecule is COC(=O)c1scc(C)c1-c1cncc2ccccc12. The van der Waals surface area contributed by atoms with Crippen LogP contribution in [0.1, 0.15) is 15.2 Å². The van der Waals surface area contributed by atoms with Gasteiger partial charge in [-0.25, -0.2) is 4.79 Å². The molecule has 0 unspecified atom stereocenters. The number of ether oxygens (including phenoxy) is 1. The molecule has 0 aliphatic heterocycles. The zero-order valence-electron chi connectivity index (χ0n) is 11.2. The number of pyridine rings is 1. The Labute approximate surface area is 120 Å². The van der Waals surface area contributed by atoms with E-state index in [-0.39, 0.29) is 5.97 Å². The summed E-state index contributed by atoms with van der Waals surface area (Å²) in [5.41, 5.74) is 2.96. The zero-order valence-corrected chi connectivity index (χ0v) is 12.0. The van der Waals surface area contributed by atoms with E-state index in [4.69, 9.17) is 4.74 Å². The quantitative estimate of drug-likeness (QED) is 0.666. The number of fused-ring (bicyclic) bond motifs is 1. The monoisotopic (exact) mass is 283 g/mol. The van der Waals surface area contributed by atoms with Crippen molar-refractivity contribution in [1.82, 2.24) is 4.98 Å². The van der Waals surface area contributed by atoms with Crippen LogP contribution in [0, 0.1) is 6.92 Å². The molecule has 0 spiro atoms. The van der Waals surface area contributed by atoms with E-state index in [2.05, 4.69) is 4.98 Å². The second-order valence-corrected chi connectivity index (χ2v) is 5.40. The zero-order chi connectivity index (χ0) is 14.1. The minimum Gasteiger partial charge on any atom is -0.465 e. The van der Waals surface area contributed by atoms with Crippen molar-refractivity contribution in [1.29, 1.82) is 0 Å². The van der Waals surface area contributed by atoms with Gasteiger partial charge in [-0.05, 0) is 23.3 Å². The molecule has 100 valence electrons. The molecule has 0 saturated carbocycles. The summed E-state index contributed by atoms with van der Waals surface area (Å²) in [5, 5.41) is 4.13. The number of esters is 1. The van der Waals surface area contributed by atoms with E-state index in [1.165, 1.54) is 18.4 Å². The second kappa shape index (κ2) is 5.06. The van der Waals surface area contributed by atoms with Crippen LogP contribution in [0.5, 0.6) is 0 Å². The Hall–Kier alpha value is -2.20. The average Bonchev–Trinajstić information content (AvgIpc) is 2.87. The van der Waals surface area contributed by atoms with Gasteiger partial charge in [0.15, 0.2) is 0 Å². The number of hydrogen-bond donors (Lipinski definition) is 0. The van der Waals surface area contributed by atoms with Crippen LogP contribution in [0.25, 0.3) is 21.9 Å². The van der Waals surface area contributed by atoms with Crippen molar-refractivity contribution in [3.63, 3.8) is 0 Å². The Morgan fingerprint density at radius 2 is 2.05 bits per heavy atom. The molecule has 0 N–H and O–H groups in total. The number of aryl methyl sites for hydroxylation is 1. The first-order chi connectivity index (χ1) is 9.72. The van der Waals surface area contributed by atoms with Gasteiger partial charge in [0.2, 0.25) is 0 Å². The summed E-state index contributed by atoms with van der Waals surface area (Å²) in [5.74, 6) is -0.300. The number of benzene rings is 1. The summed E-state index contributed by atoms with van der Waals surface area (Å²) in [4.78, 5) is 16.8. The van der Waals surface area contributed by atoms with Gasteiger partial charge in [0.1, 0.15) is 4.88 Å². The van der Waals surface area contributed by atoms with Gasteiger partial charge in [0.05, 0.1) is 7.11 Å². The maximum atomic E-state index is 11.9. The smallest absolute Gasteiger partial charge is 0.348 e. The molecule has 0 saturated heterocycles. The van der Waals surface area contributed by atoms with Gasteiger partial charge in [-0.3, -0.25) is 4.98 Å². The molecule has 0 fully saturated rings. The second-order valence-electron chi connectivity index (χ2n) is 4.52. The third-order valence-electron chi connectivity index (χ3n) is 3.28. The predicted octanol–water partition coefficient (Wildman–Crippen LogP) is 4.06. The molecule has 2 aromatic heterocycles. The first-order valence-electron chi connectivity index (χ1n) is 6.22. The standard InChI is InChI=1S/C16H13NO2S/c1-10-9-20-15(16(18)19-2)14(10)13-8-17-7-11-5-3-4-6-12(11)13/h3-9H,1-2H3. The van der Waals surface area contributed by atoms with Gasteiger partial charge >= 0.3 is 5.97 Å². The fourth-order valence-corrected chi connectivity index (χ4v) is 3.32. The van der Waals surface area contributed by atoms with Crippen molar-refractivity contribution in [3.05, 3.63) is 52.5 Å². The van der Waals surface area contributed by atoms with Gasteiger partial charge < -0.3 is 4.74 Å². The Balaban J connectivity index is 2.31. The minimum atomic E-state index is -0.300. The van der Waals surface area contributed by atoms with Crippen LogP contribution in [0.2, 0.25) is 0 Å². The molecular weight excluding hydrogens is 270 g/mol. The van der Waals surface area contributed by atoms with Crippen LogP contribution >= 0.6 is 11.3 Å². The van der Waals surface area contributed by atoms with E-state index < -0.39 is 0 Å². The number of nitrogens with zero attached hydrogens (tertiary/aromatic N) is 1. The van der Waals surface area contributed by atoms with Crippen molar-refractivity contribution in [2.45, 2.75) is 6.92 Å². The predicted molar refractivity (Wildman–Crippen MR) is 81.1 cm³/mol. The highest BCUT2D eigenvalue weighted by molar-refractivity contribution is 7.12. The maximum absolute atomic E-state index is 11.9. The molecule has 0 aliphatic carbocycles. The van der Waals surface area contributed by atoms with Crippen molar-refractivity contribution in [2.24, 2.45) is 0 Å². The minimum absolute atomic E-state index is 0.300. The molecule has 4 heteroatoms. The first kappa shape index (κ1) is 12.8. The van der Waals surface area contributed by atoms with E-state index in [1.54, 1.807) is 0 Å². The number of aromatic nitrogens is 1. The molecule has 20 heavy (non-hydrogen) atoms. The third-order valence-corrected chi connectivity index (χ3v) is 4.36. The molecule has 3 nitrogen and oxygen atoms in total. The van der Waals surface area contributed by atoms with E-state index in [0.29, 0.717) is 4.88 Å². The Kier molecular flexibility index (Phi) is 3.24. The van der Waals surface area contributed by atoms with Crippen LogP contribution in [-0.2, 0) is 4.74 Å². The summed E-state index contributed by atoms with van der Waals surface area (Å²) in [7, 11) is 1.41. The maximum Gasteiger partial charge on any atom is 0.348 e. The highest BCUT2D eigenvalue weighted by Gasteiger charge is 2.19. The third kappa shape index (κ3) is 1.98. The van der Waals surface area contributed by atoms with Crippen LogP contribution in [0.3, 0.4) is 0 Å². The topological polar surface area (TPSA) is 39.2 Å². The number of carbonyl (C=O) groups excluding carboxylic acids is 1. The molecule has 0 atom stereocenters. The van der Waals surface area contributed by atoms with E-state index >= 15 is 0 Å². The molecule has 3 rings (SSSR count). The molecule has 0 aliphatic rings. The van der Waals surface area contributed by atoms with Gasteiger partial charge in [0, 0.05) is 28.9 Å². The van der Waals surface area contributed by atoms with Crippen molar-refractivity contribution in [3.8, 4) is 11.1 Å². The molecule has 0 radical (unpaired) electrons. The Morgan fingerprint density at radius 3 is 2.85 bits per heavy atom. The number of thiophene rings is 1. The molecule has 2 heterocycles. The van der Waals surface area contributed by atoms with Gasteiger partial charge in [-0.1, -0.05) is 24.3 Å². The highest BCUT2D eigenvalue weighted by atomic mass is 32.1. The van der Waals surface area contributed by atoms with E-state index in [0.717, 1.165) is 27.5 Å². The van der Waals surface area contributed by atoms with Gasteiger partial charge in [0.25, 0.3) is 0 Å². The fourth-order valence-electron chi connectivity index (χ4n) is 2.34. The lowest BCUT2D eigenvalue weighted by molar-refractivity contribution is 0.0607. The van der Waals surface area contributed by atoms with Crippen LogP contribution in [0.15, 0.2) is 42.0 Å². The summed E-state index contributed by atoms with van der Waals surface area (Å²) in [6.45, 7) is 2.00. The highest BCUT2D eigenvalue weighted by Crippen LogP contribution is 2.36. The van der Waals surface area contributed by atoms with Gasteiger partial charge in [-0.2, -0.15) is 0 Å². The van der Waals surface area contributed by atoms with E-state index in [1.807, 2.05) is 49.0 Å². The van der Waals surface area contributed by atoms with Crippen LogP contribution in [0.4, 0.5) is 0 Å². The fraction of sp³-hybridized carbons (Fsp3) is 0.125. The average molecular weight is 283 g/mol. The summed E-state index contributed by atoms with van der Waals surface area (Å²) >= 11 is 1.41. The summed E-state index contributed by atoms with van der Waals surface area (Å²) < 4.78 is 4.87. The first-order valence-corrected chi connectivity index (χ1v) is 7.10. The number of carbonyl (C=O) groups is 1. The number of methoxy groups -OCH3 is 1. The normalized spacial score (nSPS) is 10.7. The lowest BCUT2D eigenvalue weighted by Gasteiger charge is -2.08. The molecule has 1 aromatic carbocycles. The van der Waals surface area contributed by atoms with Crippen LogP contribution < -0.4 is 0 Å². The number of rotatable bonds is 2. The molecule has 0 amide bonds. The molecule has 3 aromatic rings. The Morgan fingerprint density at radius 1 is 1.25 bits per heavy atom. The molecular formula is C16H13NO2S. The number of hydrogen-bond acceptors (Lipinski definition) is 4. The lowest BCUT2D eigenvalue weighted by Crippen LogP contribution is -2.00.